The van der Waals surface area contributed by atoms with Crippen LogP contribution < -0.4 is 5.32 Å². The van der Waals surface area contributed by atoms with Crippen LogP contribution in [0.15, 0.2) is 27.1 Å². The molecule has 0 saturated carbocycles. The van der Waals surface area contributed by atoms with Crippen molar-refractivity contribution in [3.63, 3.8) is 0 Å². The normalized spacial score (nSPS) is 10.8. The Morgan fingerprint density at radius 3 is 2.89 bits per heavy atom. The number of benzene rings is 1. The Kier molecular flexibility index (Phi) is 4.49. The van der Waals surface area contributed by atoms with Gasteiger partial charge in [-0.3, -0.25) is 0 Å². The van der Waals surface area contributed by atoms with Gasteiger partial charge in [-0.05, 0) is 47.1 Å². The van der Waals surface area contributed by atoms with Crippen molar-refractivity contribution in [3.05, 3.63) is 34.1 Å². The summed E-state index contributed by atoms with van der Waals surface area (Å²) in [7, 11) is 0. The van der Waals surface area contributed by atoms with Crippen LogP contribution in [0.2, 0.25) is 0 Å². The van der Waals surface area contributed by atoms with Crippen LogP contribution in [0.4, 0.5) is 0 Å². The van der Waals surface area contributed by atoms with Gasteiger partial charge in [0.25, 0.3) is 0 Å². The number of nitrogens with zero attached hydrogens (tertiary/aromatic N) is 2. The Bertz CT molecular complexity index is 525. The highest BCUT2D eigenvalue weighted by atomic mass is 79.9. The lowest BCUT2D eigenvalue weighted by Gasteiger charge is -2.00. The second kappa shape index (κ2) is 6.11. The van der Waals surface area contributed by atoms with Crippen molar-refractivity contribution < 1.29 is 4.42 Å². The van der Waals surface area contributed by atoms with E-state index in [-0.39, 0.29) is 0 Å². The van der Waals surface area contributed by atoms with Gasteiger partial charge in [0.2, 0.25) is 11.8 Å². The lowest BCUT2D eigenvalue weighted by atomic mass is 10.1. The van der Waals surface area contributed by atoms with Crippen molar-refractivity contribution in [1.29, 1.82) is 0 Å². The Balaban J connectivity index is 2.13. The smallest absolute Gasteiger partial charge is 0.248 e. The highest BCUT2D eigenvalue weighted by Crippen LogP contribution is 2.27. The summed E-state index contributed by atoms with van der Waals surface area (Å²) >= 11 is 3.52. The van der Waals surface area contributed by atoms with Crippen LogP contribution in [0.5, 0.6) is 0 Å². The first-order valence-electron chi connectivity index (χ1n) is 6.00. The topological polar surface area (TPSA) is 51.0 Å². The largest absolute Gasteiger partial charge is 0.421 e. The molecule has 1 aromatic heterocycles. The van der Waals surface area contributed by atoms with Crippen LogP contribution >= 0.6 is 15.9 Å². The quantitative estimate of drug-likeness (QED) is 0.863. The summed E-state index contributed by atoms with van der Waals surface area (Å²) in [5.41, 5.74) is 2.13. The van der Waals surface area contributed by atoms with Gasteiger partial charge in [0.1, 0.15) is 0 Å². The summed E-state index contributed by atoms with van der Waals surface area (Å²) in [6.07, 6.45) is 0.754. The Labute approximate surface area is 115 Å². The van der Waals surface area contributed by atoms with Gasteiger partial charge < -0.3 is 9.73 Å². The van der Waals surface area contributed by atoms with E-state index in [4.69, 9.17) is 4.42 Å². The fourth-order valence-electron chi connectivity index (χ4n) is 1.63. The number of aryl methyl sites for hydroxylation is 1. The Hall–Kier alpha value is -1.20. The number of nitrogens with one attached hydrogen (secondary N) is 1. The van der Waals surface area contributed by atoms with Crippen molar-refractivity contribution in [1.82, 2.24) is 15.5 Å². The molecule has 4 nitrogen and oxygen atoms in total. The number of aromatic nitrogens is 2. The fraction of sp³-hybridized carbons (Fsp3) is 0.385. The molecule has 0 bridgehead atoms. The van der Waals surface area contributed by atoms with Gasteiger partial charge in [-0.25, -0.2) is 0 Å². The van der Waals surface area contributed by atoms with E-state index in [1.807, 2.05) is 25.1 Å². The summed E-state index contributed by atoms with van der Waals surface area (Å²) < 4.78 is 6.62. The third-order valence-electron chi connectivity index (χ3n) is 2.59. The fourth-order valence-corrected chi connectivity index (χ4v) is 2.29. The summed E-state index contributed by atoms with van der Waals surface area (Å²) in [6, 6.07) is 6.06. The van der Waals surface area contributed by atoms with Crippen molar-refractivity contribution in [2.24, 2.45) is 0 Å². The molecule has 0 unspecified atom stereocenters. The zero-order valence-electron chi connectivity index (χ0n) is 10.5. The van der Waals surface area contributed by atoms with E-state index in [9.17, 15) is 0 Å². The summed E-state index contributed by atoms with van der Waals surface area (Å²) in [5, 5.41) is 11.4. The first-order chi connectivity index (χ1) is 8.70. The number of likely N-dealkylation sites (N-methyl/N-ethyl adjacent to an activating group) is 1. The van der Waals surface area contributed by atoms with Gasteiger partial charge in [0, 0.05) is 17.4 Å². The minimum absolute atomic E-state index is 0.563. The molecule has 18 heavy (non-hydrogen) atoms. The Morgan fingerprint density at radius 1 is 1.33 bits per heavy atom. The molecule has 2 rings (SSSR count). The highest BCUT2D eigenvalue weighted by Gasteiger charge is 2.11. The average Bonchev–Trinajstić information content (AvgIpc) is 2.78. The van der Waals surface area contributed by atoms with Crippen molar-refractivity contribution in [2.45, 2.75) is 20.3 Å². The van der Waals surface area contributed by atoms with Crippen LogP contribution in [-0.2, 0) is 6.42 Å². The van der Waals surface area contributed by atoms with Crippen LogP contribution in [0.3, 0.4) is 0 Å². The van der Waals surface area contributed by atoms with Gasteiger partial charge in [-0.15, -0.1) is 10.2 Å². The molecule has 0 radical (unpaired) electrons. The van der Waals surface area contributed by atoms with Crippen molar-refractivity contribution in [2.75, 3.05) is 13.1 Å². The maximum atomic E-state index is 5.64. The van der Waals surface area contributed by atoms with E-state index in [1.54, 1.807) is 0 Å². The number of halogens is 1. The monoisotopic (exact) mass is 309 g/mol. The van der Waals surface area contributed by atoms with E-state index >= 15 is 0 Å². The molecule has 5 heteroatoms. The minimum Gasteiger partial charge on any atom is -0.421 e. The maximum absolute atomic E-state index is 5.64. The van der Waals surface area contributed by atoms with Crippen LogP contribution in [0, 0.1) is 6.92 Å². The molecule has 0 saturated heterocycles. The number of hydrogen-bond acceptors (Lipinski definition) is 4. The van der Waals surface area contributed by atoms with E-state index in [0.29, 0.717) is 11.8 Å². The molecule has 1 N–H and O–H groups in total. The lowest BCUT2D eigenvalue weighted by Crippen LogP contribution is -2.16. The van der Waals surface area contributed by atoms with Crippen LogP contribution in [0.1, 0.15) is 18.4 Å². The molecule has 0 aliphatic rings. The van der Waals surface area contributed by atoms with Gasteiger partial charge in [0.15, 0.2) is 0 Å². The summed E-state index contributed by atoms with van der Waals surface area (Å²) in [6.45, 7) is 5.92. The predicted molar refractivity (Wildman–Crippen MR) is 74.4 cm³/mol. The van der Waals surface area contributed by atoms with Crippen molar-refractivity contribution >= 4 is 15.9 Å². The standard InChI is InChI=1S/C13H16BrN3O/c1-3-15-7-6-12-16-17-13(18-12)10-5-4-9(2)8-11(10)14/h4-5,8,15H,3,6-7H2,1-2H3. The molecule has 1 aromatic carbocycles. The molecule has 0 aliphatic carbocycles. The minimum atomic E-state index is 0.563. The molecular formula is C13H16BrN3O. The predicted octanol–water partition coefficient (Wildman–Crippen LogP) is 2.96. The van der Waals surface area contributed by atoms with E-state index in [2.05, 4.69) is 38.4 Å². The Morgan fingerprint density at radius 2 is 2.17 bits per heavy atom. The number of rotatable bonds is 5. The van der Waals surface area contributed by atoms with Gasteiger partial charge in [0.05, 0.1) is 5.56 Å². The highest BCUT2D eigenvalue weighted by molar-refractivity contribution is 9.10. The third kappa shape index (κ3) is 3.17. The zero-order valence-corrected chi connectivity index (χ0v) is 12.1. The first kappa shape index (κ1) is 13.2. The van der Waals surface area contributed by atoms with E-state index in [0.717, 1.165) is 29.5 Å². The van der Waals surface area contributed by atoms with Gasteiger partial charge >= 0.3 is 0 Å². The molecular weight excluding hydrogens is 294 g/mol. The average molecular weight is 310 g/mol. The molecule has 0 aliphatic heterocycles. The molecule has 0 atom stereocenters. The third-order valence-corrected chi connectivity index (χ3v) is 3.24. The zero-order chi connectivity index (χ0) is 13.0. The van der Waals surface area contributed by atoms with Crippen LogP contribution in [0.25, 0.3) is 11.5 Å². The second-order valence-corrected chi connectivity index (χ2v) is 4.94. The molecule has 1 heterocycles. The lowest BCUT2D eigenvalue weighted by molar-refractivity contribution is 0.496. The van der Waals surface area contributed by atoms with E-state index in [1.165, 1.54) is 5.56 Å². The van der Waals surface area contributed by atoms with E-state index < -0.39 is 0 Å². The summed E-state index contributed by atoms with van der Waals surface area (Å²) in [5.74, 6) is 1.23. The van der Waals surface area contributed by atoms with Gasteiger partial charge in [-0.1, -0.05) is 13.0 Å². The second-order valence-electron chi connectivity index (χ2n) is 4.09. The molecule has 2 aromatic rings. The van der Waals surface area contributed by atoms with Crippen LogP contribution in [-0.4, -0.2) is 23.3 Å². The summed E-state index contributed by atoms with van der Waals surface area (Å²) in [4.78, 5) is 0. The molecule has 0 amide bonds. The van der Waals surface area contributed by atoms with Gasteiger partial charge in [-0.2, -0.15) is 0 Å². The first-order valence-corrected chi connectivity index (χ1v) is 6.79. The maximum Gasteiger partial charge on any atom is 0.248 e. The number of hydrogen-bond donors (Lipinski definition) is 1. The molecule has 96 valence electrons. The molecule has 0 fully saturated rings. The van der Waals surface area contributed by atoms with Crippen molar-refractivity contribution in [3.8, 4) is 11.5 Å². The SMILES string of the molecule is CCNCCc1nnc(-c2ccc(C)cc2Br)o1. The molecule has 0 spiro atoms.